The van der Waals surface area contributed by atoms with E-state index in [0.717, 1.165) is 96.0 Å². The van der Waals surface area contributed by atoms with Crippen LogP contribution in [0.3, 0.4) is 0 Å². The predicted molar refractivity (Wildman–Crippen MR) is 295 cm³/mol. The molecule has 3 aromatic heterocycles. The first-order valence-corrected chi connectivity index (χ1v) is 23.8. The summed E-state index contributed by atoms with van der Waals surface area (Å²) in [7, 11) is 0. The summed E-state index contributed by atoms with van der Waals surface area (Å²) in [5, 5.41) is 2.22. The van der Waals surface area contributed by atoms with Gasteiger partial charge in [-0.25, -0.2) is 9.97 Å². The van der Waals surface area contributed by atoms with Gasteiger partial charge in [0.15, 0.2) is 0 Å². The summed E-state index contributed by atoms with van der Waals surface area (Å²) in [4.78, 5) is 19.4. The predicted octanol–water partition coefficient (Wildman–Crippen LogP) is 17.5. The first-order chi connectivity index (χ1) is 35.2. The van der Waals surface area contributed by atoms with Crippen LogP contribution in [0.5, 0.6) is 0 Å². The third kappa shape index (κ3) is 8.38. The number of benzene rings is 9. The maximum absolute atomic E-state index is 5.22. The molecule has 0 aliphatic carbocycles. The molecule has 0 N–H and O–H groups in total. The second-order valence-electron chi connectivity index (χ2n) is 17.2. The molecule has 338 valence electrons. The van der Waals surface area contributed by atoms with Gasteiger partial charge in [0, 0.05) is 62.0 Å². The summed E-state index contributed by atoms with van der Waals surface area (Å²) in [5.41, 5.74) is 13.4. The van der Waals surface area contributed by atoms with Gasteiger partial charge < -0.3 is 14.4 Å². The second kappa shape index (κ2) is 19.1. The zero-order chi connectivity index (χ0) is 47.3. The summed E-state index contributed by atoms with van der Waals surface area (Å²) in [6.07, 6.45) is 3.94. The van der Waals surface area contributed by atoms with Crippen molar-refractivity contribution in [2.24, 2.45) is 0 Å². The zero-order valence-corrected chi connectivity index (χ0v) is 38.8. The Morgan fingerprint density at radius 3 is 0.817 bits per heavy atom. The molecule has 7 heteroatoms. The first kappa shape index (κ1) is 42.6. The van der Waals surface area contributed by atoms with E-state index in [0.29, 0.717) is 0 Å². The summed E-state index contributed by atoms with van der Waals surface area (Å²) >= 11 is 0. The third-order valence-electron chi connectivity index (χ3n) is 12.8. The first-order valence-electron chi connectivity index (χ1n) is 23.8. The van der Waals surface area contributed by atoms with Gasteiger partial charge in [-0.2, -0.15) is 0 Å². The van der Waals surface area contributed by atoms with E-state index in [4.69, 9.17) is 9.97 Å². The van der Waals surface area contributed by atoms with Gasteiger partial charge in [-0.1, -0.05) is 127 Å². The minimum absolute atomic E-state index is 0.802. The standard InChI is InChI=1S/C64H47N7/c1-8-22-48(23-9-1)67(49-24-10-2-11-25-49)57-38-42-63(65-46-57)69(52-30-16-5-17-31-52)55-36-40-61-59(44-55)60-45-56(37-41-62(60)71(61)54-34-20-7-21-35-54)70(53-32-18-6-19-33-53)64-43-39-58(47-66-64)68(50-26-12-3-13-27-50)51-28-14-4-15-29-51/h1-47H. The second-order valence-corrected chi connectivity index (χ2v) is 17.2. The van der Waals surface area contributed by atoms with E-state index in [-0.39, 0.29) is 0 Å². The molecule has 0 amide bonds. The summed E-state index contributed by atoms with van der Waals surface area (Å²) in [6.45, 7) is 0. The van der Waals surface area contributed by atoms with Crippen molar-refractivity contribution in [2.45, 2.75) is 0 Å². The quantitative estimate of drug-likeness (QED) is 0.115. The normalized spacial score (nSPS) is 11.1. The van der Waals surface area contributed by atoms with Crippen LogP contribution in [0.2, 0.25) is 0 Å². The molecule has 9 aromatic carbocycles. The maximum Gasteiger partial charge on any atom is 0.137 e. The number of hydrogen-bond acceptors (Lipinski definition) is 6. The monoisotopic (exact) mass is 913 g/mol. The molecule has 71 heavy (non-hydrogen) atoms. The Morgan fingerprint density at radius 2 is 0.521 bits per heavy atom. The number of hydrogen-bond donors (Lipinski definition) is 0. The van der Waals surface area contributed by atoms with Crippen molar-refractivity contribution in [3.63, 3.8) is 0 Å². The highest BCUT2D eigenvalue weighted by Crippen LogP contribution is 2.44. The van der Waals surface area contributed by atoms with Gasteiger partial charge in [0.25, 0.3) is 0 Å². The van der Waals surface area contributed by atoms with Crippen LogP contribution in [0.25, 0.3) is 27.5 Å². The number of nitrogens with zero attached hydrogens (tertiary/aromatic N) is 7. The van der Waals surface area contributed by atoms with Gasteiger partial charge in [0.05, 0.1) is 34.8 Å². The number of fused-ring (bicyclic) bond motifs is 3. The Bertz CT molecular complexity index is 3360. The van der Waals surface area contributed by atoms with Crippen molar-refractivity contribution in [1.29, 1.82) is 0 Å². The molecule has 0 aliphatic heterocycles. The van der Waals surface area contributed by atoms with Gasteiger partial charge in [-0.15, -0.1) is 0 Å². The molecule has 12 aromatic rings. The summed E-state index contributed by atoms with van der Waals surface area (Å²) in [5.74, 6) is 1.60. The van der Waals surface area contributed by atoms with E-state index in [1.165, 1.54) is 0 Å². The Kier molecular flexibility index (Phi) is 11.5. The molecule has 0 aliphatic rings. The Morgan fingerprint density at radius 1 is 0.239 bits per heavy atom. The van der Waals surface area contributed by atoms with Crippen molar-refractivity contribution in [2.75, 3.05) is 19.6 Å². The Hall–Kier alpha value is -9.72. The highest BCUT2D eigenvalue weighted by Gasteiger charge is 2.22. The van der Waals surface area contributed by atoms with E-state index in [1.54, 1.807) is 0 Å². The molecule has 0 atom stereocenters. The van der Waals surface area contributed by atoms with Gasteiger partial charge in [0.2, 0.25) is 0 Å². The lowest BCUT2D eigenvalue weighted by molar-refractivity contribution is 1.15. The molecular weight excluding hydrogens is 867 g/mol. The van der Waals surface area contributed by atoms with Crippen LogP contribution in [0.4, 0.5) is 68.5 Å². The molecular formula is C64H47N7. The fraction of sp³-hybridized carbons (Fsp3) is 0. The van der Waals surface area contributed by atoms with Crippen LogP contribution in [0.15, 0.2) is 285 Å². The van der Waals surface area contributed by atoms with Crippen molar-refractivity contribution in [3.8, 4) is 5.69 Å². The van der Waals surface area contributed by atoms with Crippen molar-refractivity contribution >= 4 is 90.3 Å². The highest BCUT2D eigenvalue weighted by atomic mass is 15.2. The van der Waals surface area contributed by atoms with Crippen LogP contribution in [0, 0.1) is 0 Å². The molecule has 0 bridgehead atoms. The fourth-order valence-corrected chi connectivity index (χ4v) is 9.60. The fourth-order valence-electron chi connectivity index (χ4n) is 9.60. The molecule has 3 heterocycles. The van der Waals surface area contributed by atoms with Gasteiger partial charge in [0.1, 0.15) is 11.6 Å². The van der Waals surface area contributed by atoms with E-state index in [1.807, 2.05) is 36.7 Å². The SMILES string of the molecule is c1ccc(N(c2ccccc2)c2ccc(N(c3ccccc3)c3ccc4c(c3)c3cc(N(c5ccccc5)c5ccc(N(c6ccccc6)c6ccccc6)cn5)ccc3n4-c3ccccc3)nc2)cc1. The molecule has 0 radical (unpaired) electrons. The third-order valence-corrected chi connectivity index (χ3v) is 12.8. The van der Waals surface area contributed by atoms with Crippen molar-refractivity contribution in [1.82, 2.24) is 14.5 Å². The van der Waals surface area contributed by atoms with Crippen LogP contribution < -0.4 is 19.6 Å². The number of anilines is 12. The summed E-state index contributed by atoms with van der Waals surface area (Å²) < 4.78 is 2.36. The highest BCUT2D eigenvalue weighted by molar-refractivity contribution is 6.12. The van der Waals surface area contributed by atoms with E-state index in [9.17, 15) is 0 Å². The number of para-hydroxylation sites is 7. The minimum Gasteiger partial charge on any atom is -0.309 e. The molecule has 0 saturated heterocycles. The molecule has 0 spiro atoms. The molecule has 7 nitrogen and oxygen atoms in total. The lowest BCUT2D eigenvalue weighted by atomic mass is 10.1. The average molecular weight is 914 g/mol. The number of aromatic nitrogens is 3. The van der Waals surface area contributed by atoms with E-state index < -0.39 is 0 Å². The zero-order valence-electron chi connectivity index (χ0n) is 38.8. The van der Waals surface area contributed by atoms with Crippen LogP contribution >= 0.6 is 0 Å². The van der Waals surface area contributed by atoms with Crippen LogP contribution in [-0.2, 0) is 0 Å². The lowest BCUT2D eigenvalue weighted by Crippen LogP contribution is -2.13. The molecule has 0 unspecified atom stereocenters. The number of rotatable bonds is 13. The Balaban J connectivity index is 0.993. The van der Waals surface area contributed by atoms with Gasteiger partial charge >= 0.3 is 0 Å². The van der Waals surface area contributed by atoms with Crippen LogP contribution in [0.1, 0.15) is 0 Å². The largest absolute Gasteiger partial charge is 0.309 e. The van der Waals surface area contributed by atoms with E-state index >= 15 is 0 Å². The summed E-state index contributed by atoms with van der Waals surface area (Å²) in [6, 6.07) is 95.4. The van der Waals surface area contributed by atoms with Crippen molar-refractivity contribution < 1.29 is 0 Å². The van der Waals surface area contributed by atoms with E-state index in [2.05, 4.69) is 273 Å². The topological polar surface area (TPSA) is 43.7 Å². The maximum atomic E-state index is 5.22. The van der Waals surface area contributed by atoms with Gasteiger partial charge in [-0.05, 0) is 146 Å². The number of pyridine rings is 2. The lowest BCUT2D eigenvalue weighted by Gasteiger charge is -2.27. The minimum atomic E-state index is 0.802. The van der Waals surface area contributed by atoms with Crippen molar-refractivity contribution in [3.05, 3.63) is 285 Å². The average Bonchev–Trinajstić information content (AvgIpc) is 3.77. The van der Waals surface area contributed by atoms with Gasteiger partial charge in [-0.3, -0.25) is 9.80 Å². The smallest absolute Gasteiger partial charge is 0.137 e. The molecule has 12 rings (SSSR count). The van der Waals surface area contributed by atoms with Crippen LogP contribution in [-0.4, -0.2) is 14.5 Å². The molecule has 0 saturated carbocycles. The Labute approximate surface area is 413 Å². The molecule has 0 fully saturated rings.